The van der Waals surface area contributed by atoms with E-state index in [1.54, 1.807) is 31.4 Å². The summed E-state index contributed by atoms with van der Waals surface area (Å²) >= 11 is 0. The van der Waals surface area contributed by atoms with Crippen LogP contribution < -0.4 is 14.9 Å². The van der Waals surface area contributed by atoms with E-state index < -0.39 is 10.0 Å². The lowest BCUT2D eigenvalue weighted by atomic mass is 10.1. The van der Waals surface area contributed by atoms with E-state index in [1.165, 1.54) is 0 Å². The minimum Gasteiger partial charge on any atom is -0.380 e. The second-order valence-corrected chi connectivity index (χ2v) is 8.11. The van der Waals surface area contributed by atoms with Crippen LogP contribution >= 0.6 is 0 Å². The highest BCUT2D eigenvalue weighted by atomic mass is 32.2. The molecule has 26 heavy (non-hydrogen) atoms. The van der Waals surface area contributed by atoms with Gasteiger partial charge in [0.1, 0.15) is 0 Å². The Morgan fingerprint density at radius 1 is 1.15 bits per heavy atom. The van der Waals surface area contributed by atoms with E-state index in [-0.39, 0.29) is 4.90 Å². The summed E-state index contributed by atoms with van der Waals surface area (Å²) < 4.78 is 33.5. The van der Waals surface area contributed by atoms with Crippen molar-refractivity contribution in [3.63, 3.8) is 0 Å². The van der Waals surface area contributed by atoms with Crippen LogP contribution in [0.4, 0.5) is 11.4 Å². The molecule has 140 valence electrons. The van der Waals surface area contributed by atoms with E-state index >= 15 is 0 Å². The first-order chi connectivity index (χ1) is 12.5. The van der Waals surface area contributed by atoms with Crippen LogP contribution in [0.3, 0.4) is 0 Å². The molecular weight excluding hydrogens is 350 g/mol. The van der Waals surface area contributed by atoms with Gasteiger partial charge in [0, 0.05) is 44.7 Å². The SMILES string of the molecule is COCc1cccc(NS(=O)(=O)c2ccc(C)c(N3CCNCC3)c2)c1. The van der Waals surface area contributed by atoms with Crippen LogP contribution in [0, 0.1) is 6.92 Å². The molecule has 6 nitrogen and oxygen atoms in total. The van der Waals surface area contributed by atoms with Gasteiger partial charge in [0.2, 0.25) is 0 Å². The molecule has 1 fully saturated rings. The molecule has 1 heterocycles. The summed E-state index contributed by atoms with van der Waals surface area (Å²) in [6.45, 7) is 6.00. The van der Waals surface area contributed by atoms with Gasteiger partial charge >= 0.3 is 0 Å². The Morgan fingerprint density at radius 2 is 1.92 bits per heavy atom. The smallest absolute Gasteiger partial charge is 0.261 e. The Balaban J connectivity index is 1.86. The molecule has 1 aliphatic rings. The first-order valence-corrected chi connectivity index (χ1v) is 10.1. The number of rotatable bonds is 6. The molecular formula is C19H25N3O3S. The fourth-order valence-corrected chi connectivity index (χ4v) is 4.18. The predicted octanol–water partition coefficient (Wildman–Crippen LogP) is 2.35. The molecule has 0 saturated carbocycles. The summed E-state index contributed by atoms with van der Waals surface area (Å²) in [5.74, 6) is 0. The van der Waals surface area contributed by atoms with E-state index in [2.05, 4.69) is 14.9 Å². The molecule has 2 aromatic carbocycles. The van der Waals surface area contributed by atoms with E-state index in [0.717, 1.165) is 43.0 Å². The van der Waals surface area contributed by atoms with Crippen LogP contribution in [0.25, 0.3) is 0 Å². The number of nitrogens with one attached hydrogen (secondary N) is 2. The third-order valence-electron chi connectivity index (χ3n) is 4.44. The lowest BCUT2D eigenvalue weighted by Gasteiger charge is -2.31. The van der Waals surface area contributed by atoms with Gasteiger partial charge in [0.15, 0.2) is 0 Å². The molecule has 2 aromatic rings. The van der Waals surface area contributed by atoms with Crippen LogP contribution in [0.1, 0.15) is 11.1 Å². The summed E-state index contributed by atoms with van der Waals surface area (Å²) in [5, 5.41) is 3.31. The first kappa shape index (κ1) is 18.7. The number of benzene rings is 2. The molecule has 0 bridgehead atoms. The maximum Gasteiger partial charge on any atom is 0.261 e. The van der Waals surface area contributed by atoms with Crippen LogP contribution in [0.15, 0.2) is 47.4 Å². The number of sulfonamides is 1. The quantitative estimate of drug-likeness (QED) is 0.811. The lowest BCUT2D eigenvalue weighted by molar-refractivity contribution is 0.185. The van der Waals surface area contributed by atoms with Crippen LogP contribution in [0.2, 0.25) is 0 Å². The lowest BCUT2D eigenvalue weighted by Crippen LogP contribution is -2.43. The zero-order valence-electron chi connectivity index (χ0n) is 15.2. The number of anilines is 2. The average Bonchev–Trinajstić information content (AvgIpc) is 2.63. The van der Waals surface area contributed by atoms with Crippen molar-refractivity contribution in [3.8, 4) is 0 Å². The summed E-state index contributed by atoms with van der Waals surface area (Å²) in [6, 6.07) is 12.5. The number of nitrogens with zero attached hydrogens (tertiary/aromatic N) is 1. The topological polar surface area (TPSA) is 70.7 Å². The Kier molecular flexibility index (Phi) is 5.80. The number of piperazine rings is 1. The number of ether oxygens (including phenoxy) is 1. The molecule has 0 unspecified atom stereocenters. The monoisotopic (exact) mass is 375 g/mol. The van der Waals surface area contributed by atoms with Crippen molar-refractivity contribution in [1.82, 2.24) is 5.32 Å². The molecule has 0 radical (unpaired) electrons. The zero-order valence-corrected chi connectivity index (χ0v) is 16.0. The van der Waals surface area contributed by atoms with Crippen LogP contribution in [-0.4, -0.2) is 41.7 Å². The first-order valence-electron chi connectivity index (χ1n) is 8.66. The van der Waals surface area contributed by atoms with E-state index in [0.29, 0.717) is 12.3 Å². The molecule has 0 spiro atoms. The van der Waals surface area contributed by atoms with Crippen LogP contribution in [-0.2, 0) is 21.4 Å². The second kappa shape index (κ2) is 8.07. The number of methoxy groups -OCH3 is 1. The Morgan fingerprint density at radius 3 is 2.65 bits per heavy atom. The minimum atomic E-state index is -3.66. The second-order valence-electron chi connectivity index (χ2n) is 6.42. The third-order valence-corrected chi connectivity index (χ3v) is 5.82. The highest BCUT2D eigenvalue weighted by Crippen LogP contribution is 2.26. The Hall–Kier alpha value is -2.09. The van der Waals surface area contributed by atoms with Gasteiger partial charge in [-0.1, -0.05) is 18.2 Å². The van der Waals surface area contributed by atoms with Gasteiger partial charge in [0.25, 0.3) is 10.0 Å². The molecule has 1 saturated heterocycles. The molecule has 1 aliphatic heterocycles. The number of hydrogen-bond acceptors (Lipinski definition) is 5. The maximum absolute atomic E-state index is 12.8. The van der Waals surface area contributed by atoms with Crippen molar-refractivity contribution in [2.24, 2.45) is 0 Å². The highest BCUT2D eigenvalue weighted by molar-refractivity contribution is 7.92. The van der Waals surface area contributed by atoms with Gasteiger partial charge < -0.3 is 15.0 Å². The van der Waals surface area contributed by atoms with Crippen LogP contribution in [0.5, 0.6) is 0 Å². The van der Waals surface area contributed by atoms with Gasteiger partial charge in [-0.3, -0.25) is 4.72 Å². The molecule has 0 aliphatic carbocycles. The Labute approximate surface area is 155 Å². The number of hydrogen-bond donors (Lipinski definition) is 2. The van der Waals surface area contributed by atoms with Crippen molar-refractivity contribution in [2.45, 2.75) is 18.4 Å². The maximum atomic E-state index is 12.8. The van der Waals surface area contributed by atoms with Gasteiger partial charge in [-0.2, -0.15) is 0 Å². The van der Waals surface area contributed by atoms with Crippen molar-refractivity contribution in [1.29, 1.82) is 0 Å². The predicted molar refractivity (Wildman–Crippen MR) is 104 cm³/mol. The summed E-state index contributed by atoms with van der Waals surface area (Å²) in [5.41, 5.74) is 3.50. The molecule has 7 heteroatoms. The molecule has 0 atom stereocenters. The van der Waals surface area contributed by atoms with E-state index in [4.69, 9.17) is 4.74 Å². The zero-order chi connectivity index (χ0) is 18.6. The average molecular weight is 375 g/mol. The van der Waals surface area contributed by atoms with Crippen molar-refractivity contribution in [3.05, 3.63) is 53.6 Å². The summed E-state index contributed by atoms with van der Waals surface area (Å²) in [4.78, 5) is 2.50. The fraction of sp³-hybridized carbons (Fsp3) is 0.368. The Bertz CT molecular complexity index is 862. The molecule has 0 amide bonds. The molecule has 2 N–H and O–H groups in total. The van der Waals surface area contributed by atoms with Crippen molar-refractivity contribution < 1.29 is 13.2 Å². The van der Waals surface area contributed by atoms with Gasteiger partial charge in [-0.05, 0) is 42.3 Å². The highest BCUT2D eigenvalue weighted by Gasteiger charge is 2.19. The standard InChI is InChI=1S/C19H25N3O3S/c1-15-6-7-18(13-19(15)22-10-8-20-9-11-22)26(23,24)21-17-5-3-4-16(12-17)14-25-2/h3-7,12-13,20-21H,8-11,14H2,1-2H3. The largest absolute Gasteiger partial charge is 0.380 e. The van der Waals surface area contributed by atoms with E-state index in [9.17, 15) is 8.42 Å². The summed E-state index contributed by atoms with van der Waals surface area (Å²) in [7, 11) is -2.04. The minimum absolute atomic E-state index is 0.272. The third kappa shape index (κ3) is 4.35. The van der Waals surface area contributed by atoms with Crippen molar-refractivity contribution >= 4 is 21.4 Å². The number of aryl methyl sites for hydroxylation is 1. The van der Waals surface area contributed by atoms with E-state index in [1.807, 2.05) is 25.1 Å². The van der Waals surface area contributed by atoms with Gasteiger partial charge in [-0.15, -0.1) is 0 Å². The van der Waals surface area contributed by atoms with Gasteiger partial charge in [0.05, 0.1) is 11.5 Å². The summed E-state index contributed by atoms with van der Waals surface area (Å²) in [6.07, 6.45) is 0. The van der Waals surface area contributed by atoms with Crippen molar-refractivity contribution in [2.75, 3.05) is 42.9 Å². The fourth-order valence-electron chi connectivity index (χ4n) is 3.11. The molecule has 0 aromatic heterocycles. The van der Waals surface area contributed by atoms with Gasteiger partial charge in [-0.25, -0.2) is 8.42 Å². The molecule has 3 rings (SSSR count). The normalized spacial score (nSPS) is 15.1.